The molecule has 0 bridgehead atoms. The van der Waals surface area contributed by atoms with Crippen LogP contribution in [0.15, 0.2) is 0 Å². The van der Waals surface area contributed by atoms with Crippen LogP contribution < -0.4 is 0 Å². The van der Waals surface area contributed by atoms with E-state index in [0.29, 0.717) is 0 Å². The molecule has 0 aliphatic carbocycles. The van der Waals surface area contributed by atoms with Crippen LogP contribution in [0.2, 0.25) is 0 Å². The van der Waals surface area contributed by atoms with Crippen LogP contribution in [0, 0.1) is 0 Å². The Balaban J connectivity index is 3.15. The topological polar surface area (TPSA) is 0 Å². The molecule has 0 atom stereocenters. The second-order valence-corrected chi connectivity index (χ2v) is 4.63. The molecule has 0 fully saturated rings. The Labute approximate surface area is 47.3 Å². The van der Waals surface area contributed by atoms with Crippen LogP contribution >= 0.6 is 31.2 Å². The Bertz CT molecular complexity index is 45.4. The average Bonchev–Trinajstić information content (AvgIpc) is 1.30. The molecule has 7 heavy (non-hydrogen) atoms. The van der Waals surface area contributed by atoms with E-state index in [9.17, 15) is 15.5 Å². The molecule has 0 spiro atoms. The lowest BCUT2D eigenvalue weighted by Crippen LogP contribution is -1.53. The van der Waals surface area contributed by atoms with E-state index in [0.717, 1.165) is 0 Å². The lowest BCUT2D eigenvalue weighted by molar-refractivity contribution is 0.667. The molecular formula is F4S3. The van der Waals surface area contributed by atoms with E-state index in [-0.39, 0.29) is 0 Å². The zero-order valence-corrected chi connectivity index (χ0v) is 5.19. The van der Waals surface area contributed by atoms with E-state index in [1.54, 1.807) is 0 Å². The lowest BCUT2D eigenvalue weighted by atomic mass is 18.8. The monoisotopic (exact) mass is 172 g/mol. The molecule has 0 N–H and O–H groups in total. The Morgan fingerprint density at radius 1 is 1.14 bits per heavy atom. The van der Waals surface area contributed by atoms with E-state index in [2.05, 4.69) is 0 Å². The summed E-state index contributed by atoms with van der Waals surface area (Å²) in [4.78, 5) is 0. The van der Waals surface area contributed by atoms with Gasteiger partial charge in [-0.15, -0.1) is 11.7 Å². The van der Waals surface area contributed by atoms with Crippen LogP contribution in [0.25, 0.3) is 0 Å². The Kier molecular flexibility index (Phi) is 3.25. The predicted molar refractivity (Wildman–Crippen MR) is 27.2 cm³/mol. The molecule has 0 amide bonds. The molecule has 0 radical (unpaired) electrons. The van der Waals surface area contributed by atoms with Gasteiger partial charge in [0, 0.05) is 0 Å². The van der Waals surface area contributed by atoms with E-state index >= 15 is 0 Å². The van der Waals surface area contributed by atoms with Crippen molar-refractivity contribution in [2.24, 2.45) is 0 Å². The third-order valence-corrected chi connectivity index (χ3v) is 2.78. The summed E-state index contributed by atoms with van der Waals surface area (Å²) in [6.07, 6.45) is 0. The van der Waals surface area contributed by atoms with Crippen LogP contribution in [0.5, 0.6) is 0 Å². The fourth-order valence-electron chi connectivity index (χ4n) is 0.0292. The minimum atomic E-state index is -5.17. The highest BCUT2D eigenvalue weighted by Crippen LogP contribution is 2.69. The van der Waals surface area contributed by atoms with Crippen molar-refractivity contribution >= 4 is 31.2 Å². The molecule has 0 rings (SSSR count). The predicted octanol–water partition coefficient (Wildman–Crippen LogP) is 3.63. The van der Waals surface area contributed by atoms with Crippen molar-refractivity contribution in [1.82, 2.24) is 0 Å². The Hall–Kier alpha value is 0.770. The van der Waals surface area contributed by atoms with Crippen molar-refractivity contribution in [3.05, 3.63) is 0 Å². The number of halogens is 4. The zero-order chi connectivity index (χ0) is 5.91. The van der Waals surface area contributed by atoms with Gasteiger partial charge in [0.2, 0.25) is 0 Å². The molecule has 0 aromatic rings. The van der Waals surface area contributed by atoms with Crippen LogP contribution in [0.1, 0.15) is 0 Å². The molecule has 0 saturated heterocycles. The first kappa shape index (κ1) is 7.77. The zero-order valence-electron chi connectivity index (χ0n) is 2.74. The summed E-state index contributed by atoms with van der Waals surface area (Å²) in [6.45, 7) is 0. The molecular weight excluding hydrogens is 172 g/mol. The first-order chi connectivity index (χ1) is 3.06. The number of hydrogen-bond acceptors (Lipinski definition) is 2. The minimum Gasteiger partial charge on any atom is -0.152 e. The molecule has 7 heteroatoms. The van der Waals surface area contributed by atoms with Gasteiger partial charge in [0.1, 0.15) is 11.2 Å². The van der Waals surface area contributed by atoms with E-state index in [4.69, 9.17) is 0 Å². The number of rotatable bonds is 2. The second-order valence-electron chi connectivity index (χ2n) is 0.495. The van der Waals surface area contributed by atoms with Crippen LogP contribution in [0.4, 0.5) is 15.5 Å². The molecule has 0 aliphatic heterocycles. The van der Waals surface area contributed by atoms with Crippen molar-refractivity contribution in [2.45, 2.75) is 0 Å². The summed E-state index contributed by atoms with van der Waals surface area (Å²) >= 11 is -0.763. The van der Waals surface area contributed by atoms with Gasteiger partial charge in [-0.3, -0.25) is 0 Å². The maximum Gasteiger partial charge on any atom is 0.274 e. The molecule has 0 aromatic carbocycles. The van der Waals surface area contributed by atoms with Gasteiger partial charge in [-0.1, -0.05) is 0 Å². The molecule has 0 unspecified atom stereocenters. The van der Waals surface area contributed by atoms with Crippen LogP contribution in [0.3, 0.4) is 0 Å². The normalized spacial score (nSPS) is 14.3. The summed E-state index contributed by atoms with van der Waals surface area (Å²) in [5.41, 5.74) is 0. The fourth-order valence-corrected chi connectivity index (χ4v) is 0.787. The number of hydrogen-bond donors (Lipinski definition) is 0. The summed E-state index contributed by atoms with van der Waals surface area (Å²) in [5.74, 6) is 0. The summed E-state index contributed by atoms with van der Waals surface area (Å²) < 4.78 is 43.2. The summed E-state index contributed by atoms with van der Waals surface area (Å²) in [5, 5.41) is 0. The van der Waals surface area contributed by atoms with Crippen molar-refractivity contribution < 1.29 is 15.5 Å². The third-order valence-electron chi connectivity index (χ3n) is 0.103. The van der Waals surface area contributed by atoms with Gasteiger partial charge in [0.15, 0.2) is 0 Å². The lowest BCUT2D eigenvalue weighted by Gasteiger charge is -2.00. The molecule has 0 aromatic heterocycles. The Morgan fingerprint density at radius 2 is 1.57 bits per heavy atom. The summed E-state index contributed by atoms with van der Waals surface area (Å²) in [7, 11) is -5.85. The van der Waals surface area contributed by atoms with E-state index in [1.807, 2.05) is 0 Å². The first-order valence-corrected chi connectivity index (χ1v) is 4.85. The van der Waals surface area contributed by atoms with Gasteiger partial charge in [-0.05, 0) is 0 Å². The highest BCUT2D eigenvalue weighted by Gasteiger charge is 2.22. The van der Waals surface area contributed by atoms with Gasteiger partial charge in [0.25, 0.3) is 10.2 Å². The van der Waals surface area contributed by atoms with Crippen LogP contribution in [-0.2, 0) is 0 Å². The van der Waals surface area contributed by atoms with Crippen LogP contribution in [-0.4, -0.2) is 0 Å². The SMILES string of the molecule is FSSS(F)(F)F. The highest BCUT2D eigenvalue weighted by molar-refractivity contribution is 9.14. The maximum atomic E-state index is 10.8. The largest absolute Gasteiger partial charge is 0.274 e. The molecule has 46 valence electrons. The van der Waals surface area contributed by atoms with Crippen molar-refractivity contribution in [2.75, 3.05) is 0 Å². The quantitative estimate of drug-likeness (QED) is 0.461. The van der Waals surface area contributed by atoms with Gasteiger partial charge in [0.05, 0.1) is 9.83 Å². The van der Waals surface area contributed by atoms with Crippen molar-refractivity contribution in [3.63, 3.8) is 0 Å². The van der Waals surface area contributed by atoms with Crippen molar-refractivity contribution in [1.29, 1.82) is 0 Å². The van der Waals surface area contributed by atoms with E-state index in [1.165, 1.54) is 0 Å². The average molecular weight is 172 g/mol. The third kappa shape index (κ3) is 6.77. The van der Waals surface area contributed by atoms with E-state index < -0.39 is 31.2 Å². The van der Waals surface area contributed by atoms with Gasteiger partial charge < -0.3 is 0 Å². The molecule has 0 nitrogen and oxygen atoms in total. The maximum absolute atomic E-state index is 10.8. The van der Waals surface area contributed by atoms with Gasteiger partial charge in [-0.25, -0.2) is 0 Å². The van der Waals surface area contributed by atoms with Gasteiger partial charge >= 0.3 is 0 Å². The molecule has 0 aliphatic rings. The highest BCUT2D eigenvalue weighted by atomic mass is 33.6. The van der Waals surface area contributed by atoms with Crippen molar-refractivity contribution in [3.8, 4) is 0 Å². The Morgan fingerprint density at radius 3 is 1.57 bits per heavy atom. The van der Waals surface area contributed by atoms with Gasteiger partial charge in [-0.2, -0.15) is 3.89 Å². The summed E-state index contributed by atoms with van der Waals surface area (Å²) in [6, 6.07) is 0. The second kappa shape index (κ2) is 2.93. The smallest absolute Gasteiger partial charge is 0.152 e. The minimum absolute atomic E-state index is 0.678. The first-order valence-electron chi connectivity index (χ1n) is 0.951. The molecule has 0 saturated carbocycles. The fraction of sp³-hybridized carbons (Fsp3) is 0. The molecule has 0 heterocycles. The standard InChI is InChI=1S/F4S3/c1-5-6-7(2,3)4.